The Balaban J connectivity index is 2.21. The predicted molar refractivity (Wildman–Crippen MR) is 50.8 cm³/mol. The van der Waals surface area contributed by atoms with E-state index >= 15 is 0 Å². The molecule has 0 saturated heterocycles. The van der Waals surface area contributed by atoms with Crippen LogP contribution < -0.4 is 0 Å². The summed E-state index contributed by atoms with van der Waals surface area (Å²) in [7, 11) is 0. The smallest absolute Gasteiger partial charge is 0.0364 e. The Morgan fingerprint density at radius 1 is 1.27 bits per heavy atom. The molecule has 0 aliphatic heterocycles. The molecule has 1 atom stereocenters. The fourth-order valence-electron chi connectivity index (χ4n) is 1.93. The van der Waals surface area contributed by atoms with Crippen molar-refractivity contribution in [3.05, 3.63) is 6.92 Å². The summed E-state index contributed by atoms with van der Waals surface area (Å²) in [6, 6.07) is 0. The number of hydrogen-bond acceptors (Lipinski definition) is 0. The van der Waals surface area contributed by atoms with E-state index in [-0.39, 0.29) is 0 Å². The maximum Gasteiger partial charge on any atom is 0.0364 e. The number of alkyl halides is 1. The van der Waals surface area contributed by atoms with Crippen molar-refractivity contribution < 1.29 is 0 Å². The minimum absolute atomic E-state index is 0.410. The van der Waals surface area contributed by atoms with Crippen LogP contribution in [-0.4, -0.2) is 5.38 Å². The number of rotatable bonds is 3. The molecule has 11 heavy (non-hydrogen) atoms. The summed E-state index contributed by atoms with van der Waals surface area (Å²) >= 11 is 6.22. The Labute approximate surface area is 75.3 Å². The van der Waals surface area contributed by atoms with Gasteiger partial charge in [-0.1, -0.05) is 32.6 Å². The Morgan fingerprint density at radius 3 is 2.45 bits per heavy atom. The van der Waals surface area contributed by atoms with Gasteiger partial charge in [-0.05, 0) is 25.2 Å². The molecule has 1 radical (unpaired) electrons. The second-order valence-corrected chi connectivity index (χ2v) is 4.12. The third kappa shape index (κ3) is 3.02. The van der Waals surface area contributed by atoms with Crippen LogP contribution in [0.2, 0.25) is 0 Å². The van der Waals surface area contributed by atoms with Crippen LogP contribution in [0.25, 0.3) is 0 Å². The average molecular weight is 174 g/mol. The zero-order valence-corrected chi connectivity index (χ0v) is 7.95. The normalized spacial score (nSPS) is 23.5. The van der Waals surface area contributed by atoms with Gasteiger partial charge >= 0.3 is 0 Å². The monoisotopic (exact) mass is 173 g/mol. The quantitative estimate of drug-likeness (QED) is 0.570. The van der Waals surface area contributed by atoms with Gasteiger partial charge in [-0.2, -0.15) is 0 Å². The maximum atomic E-state index is 6.22. The van der Waals surface area contributed by atoms with Gasteiger partial charge in [0.15, 0.2) is 0 Å². The zero-order chi connectivity index (χ0) is 8.10. The van der Waals surface area contributed by atoms with Crippen molar-refractivity contribution in [1.29, 1.82) is 0 Å². The molecule has 0 aromatic heterocycles. The van der Waals surface area contributed by atoms with Gasteiger partial charge in [0.25, 0.3) is 0 Å². The summed E-state index contributed by atoms with van der Waals surface area (Å²) in [6.45, 7) is 3.84. The molecule has 1 aliphatic carbocycles. The van der Waals surface area contributed by atoms with Crippen molar-refractivity contribution >= 4 is 11.6 Å². The van der Waals surface area contributed by atoms with Crippen molar-refractivity contribution in [2.24, 2.45) is 5.92 Å². The van der Waals surface area contributed by atoms with Gasteiger partial charge in [-0.25, -0.2) is 0 Å². The Hall–Kier alpha value is 0.290. The lowest BCUT2D eigenvalue weighted by atomic mass is 9.85. The van der Waals surface area contributed by atoms with E-state index in [2.05, 4.69) is 6.92 Å². The second-order valence-electron chi connectivity index (χ2n) is 3.56. The first-order valence-corrected chi connectivity index (χ1v) is 5.21. The van der Waals surface area contributed by atoms with Crippen LogP contribution in [0.1, 0.15) is 44.9 Å². The first kappa shape index (κ1) is 9.38. The molecule has 1 fully saturated rings. The Bertz CT molecular complexity index is 95.0. The summed E-state index contributed by atoms with van der Waals surface area (Å²) in [5, 5.41) is 0.410. The lowest BCUT2D eigenvalue weighted by molar-refractivity contribution is 0.338. The van der Waals surface area contributed by atoms with E-state index < -0.39 is 0 Å². The summed E-state index contributed by atoms with van der Waals surface area (Å²) in [6.07, 6.45) is 9.01. The van der Waals surface area contributed by atoms with E-state index in [4.69, 9.17) is 11.6 Å². The summed E-state index contributed by atoms with van der Waals surface area (Å²) in [5.41, 5.74) is 0. The first-order valence-electron chi connectivity index (χ1n) is 4.78. The van der Waals surface area contributed by atoms with E-state index in [1.54, 1.807) is 0 Å². The van der Waals surface area contributed by atoms with Gasteiger partial charge in [0.05, 0.1) is 0 Å². The van der Waals surface area contributed by atoms with E-state index in [1.165, 1.54) is 32.1 Å². The molecule has 0 amide bonds. The minimum atomic E-state index is 0.410. The average Bonchev–Trinajstić information content (AvgIpc) is 2.07. The van der Waals surface area contributed by atoms with Crippen molar-refractivity contribution in [2.45, 2.75) is 50.3 Å². The molecule has 65 valence electrons. The molecule has 0 aromatic rings. The summed E-state index contributed by atoms with van der Waals surface area (Å²) < 4.78 is 0. The number of halogens is 1. The van der Waals surface area contributed by atoms with Gasteiger partial charge in [0.2, 0.25) is 0 Å². The van der Waals surface area contributed by atoms with Gasteiger partial charge in [-0.3, -0.25) is 0 Å². The molecule has 1 saturated carbocycles. The van der Waals surface area contributed by atoms with Crippen LogP contribution in [0.15, 0.2) is 0 Å². The molecule has 0 nitrogen and oxygen atoms in total. The third-order valence-electron chi connectivity index (χ3n) is 2.64. The van der Waals surface area contributed by atoms with E-state index in [0.717, 1.165) is 18.8 Å². The highest BCUT2D eigenvalue weighted by Gasteiger charge is 2.20. The Kier molecular flexibility index (Phi) is 4.29. The second kappa shape index (κ2) is 5.03. The van der Waals surface area contributed by atoms with Crippen molar-refractivity contribution in [3.8, 4) is 0 Å². The fraction of sp³-hybridized carbons (Fsp3) is 0.900. The highest BCUT2D eigenvalue weighted by atomic mass is 35.5. The van der Waals surface area contributed by atoms with Gasteiger partial charge in [-0.15, -0.1) is 11.6 Å². The van der Waals surface area contributed by atoms with Crippen LogP contribution in [0.5, 0.6) is 0 Å². The minimum Gasteiger partial charge on any atom is -0.123 e. The molecule has 0 bridgehead atoms. The molecule has 0 aromatic carbocycles. The van der Waals surface area contributed by atoms with Gasteiger partial charge in [0.1, 0.15) is 0 Å². The maximum absolute atomic E-state index is 6.22. The largest absolute Gasteiger partial charge is 0.123 e. The van der Waals surface area contributed by atoms with Crippen molar-refractivity contribution in [3.63, 3.8) is 0 Å². The standard InChI is InChI=1S/C10H18Cl/c1-2-6-10(11)9-7-4-3-5-8-9/h9-10H,1-8H2. The van der Waals surface area contributed by atoms with E-state index in [1.807, 2.05) is 0 Å². The zero-order valence-electron chi connectivity index (χ0n) is 7.19. The molecule has 0 heterocycles. The molecule has 1 unspecified atom stereocenters. The van der Waals surface area contributed by atoms with E-state index in [9.17, 15) is 0 Å². The van der Waals surface area contributed by atoms with Crippen LogP contribution in [-0.2, 0) is 0 Å². The molecular weight excluding hydrogens is 156 g/mol. The summed E-state index contributed by atoms with van der Waals surface area (Å²) in [4.78, 5) is 0. The topological polar surface area (TPSA) is 0 Å². The van der Waals surface area contributed by atoms with Crippen molar-refractivity contribution in [1.82, 2.24) is 0 Å². The van der Waals surface area contributed by atoms with E-state index in [0.29, 0.717) is 5.38 Å². The fourth-order valence-corrected chi connectivity index (χ4v) is 2.33. The third-order valence-corrected chi connectivity index (χ3v) is 3.22. The lowest BCUT2D eigenvalue weighted by Gasteiger charge is -2.25. The van der Waals surface area contributed by atoms with Crippen LogP contribution in [0, 0.1) is 12.8 Å². The highest BCUT2D eigenvalue weighted by molar-refractivity contribution is 6.20. The first-order chi connectivity index (χ1) is 5.34. The van der Waals surface area contributed by atoms with Crippen molar-refractivity contribution in [2.75, 3.05) is 0 Å². The van der Waals surface area contributed by atoms with Gasteiger partial charge in [0, 0.05) is 5.38 Å². The molecule has 0 N–H and O–H groups in total. The van der Waals surface area contributed by atoms with Gasteiger partial charge < -0.3 is 0 Å². The molecule has 1 rings (SSSR count). The van der Waals surface area contributed by atoms with Crippen LogP contribution in [0.3, 0.4) is 0 Å². The highest BCUT2D eigenvalue weighted by Crippen LogP contribution is 2.30. The van der Waals surface area contributed by atoms with Crippen LogP contribution >= 0.6 is 11.6 Å². The van der Waals surface area contributed by atoms with Crippen LogP contribution in [0.4, 0.5) is 0 Å². The number of hydrogen-bond donors (Lipinski definition) is 0. The molecule has 1 aliphatic rings. The SMILES string of the molecule is [CH2]CCC(Cl)C1CCCCC1. The Morgan fingerprint density at radius 2 is 1.91 bits per heavy atom. The molecular formula is C10H18Cl. The molecule has 0 spiro atoms. The lowest BCUT2D eigenvalue weighted by Crippen LogP contribution is -2.17. The summed E-state index contributed by atoms with van der Waals surface area (Å²) in [5.74, 6) is 0.798. The predicted octanol–water partition coefficient (Wildman–Crippen LogP) is 3.79. The molecule has 1 heteroatoms.